The van der Waals surface area contributed by atoms with Gasteiger partial charge in [0.25, 0.3) is 0 Å². The molecule has 0 atom stereocenters. The average Bonchev–Trinajstić information content (AvgIpc) is 2.29. The van der Waals surface area contributed by atoms with Gasteiger partial charge in [-0.2, -0.15) is 0 Å². The normalized spacial score (nSPS) is 10.7. The van der Waals surface area contributed by atoms with E-state index in [0.29, 0.717) is 18.0 Å². The molecule has 3 N–H and O–H groups in total. The highest BCUT2D eigenvalue weighted by molar-refractivity contribution is 5.86. The fourth-order valence-electron chi connectivity index (χ4n) is 1.16. The van der Waals surface area contributed by atoms with Gasteiger partial charge in [0, 0.05) is 0 Å². The summed E-state index contributed by atoms with van der Waals surface area (Å²) >= 11 is 0. The molecule has 0 fully saturated rings. The highest BCUT2D eigenvalue weighted by Crippen LogP contribution is 2.07. The first kappa shape index (κ1) is 9.57. The van der Waals surface area contributed by atoms with Crippen molar-refractivity contribution in [2.45, 2.75) is 20.3 Å². The zero-order chi connectivity index (χ0) is 10.0. The van der Waals surface area contributed by atoms with Crippen LogP contribution in [0.15, 0.2) is 4.79 Å². The van der Waals surface area contributed by atoms with Crippen LogP contribution in [0.4, 0.5) is 0 Å². The van der Waals surface area contributed by atoms with Crippen molar-refractivity contribution in [1.82, 2.24) is 9.97 Å². The van der Waals surface area contributed by atoms with E-state index < -0.39 is 11.7 Å². The topological polar surface area (TPSA) is 86.0 Å². The first-order valence-corrected chi connectivity index (χ1v) is 4.05. The van der Waals surface area contributed by atoms with Crippen LogP contribution in [0.2, 0.25) is 0 Å². The highest BCUT2D eigenvalue weighted by atomic mass is 16.4. The molecule has 1 rings (SSSR count). The van der Waals surface area contributed by atoms with E-state index in [4.69, 9.17) is 5.11 Å². The molecule has 0 saturated carbocycles. The molecule has 0 aliphatic rings. The van der Waals surface area contributed by atoms with Crippen LogP contribution >= 0.6 is 0 Å². The zero-order valence-corrected chi connectivity index (χ0v) is 7.55. The van der Waals surface area contributed by atoms with Crippen molar-refractivity contribution in [2.24, 2.45) is 5.92 Å². The number of aromatic nitrogens is 2. The quantitative estimate of drug-likeness (QED) is 0.642. The van der Waals surface area contributed by atoms with Crippen LogP contribution in [0.3, 0.4) is 0 Å². The van der Waals surface area contributed by atoms with Gasteiger partial charge in [-0.25, -0.2) is 9.59 Å². The third-order valence-corrected chi connectivity index (χ3v) is 1.63. The number of carbonyl (C=O) groups is 1. The number of imidazole rings is 1. The van der Waals surface area contributed by atoms with E-state index in [1.165, 1.54) is 0 Å². The Hall–Kier alpha value is -1.52. The van der Waals surface area contributed by atoms with E-state index >= 15 is 0 Å². The molecule has 0 aliphatic carbocycles. The van der Waals surface area contributed by atoms with Crippen LogP contribution in [-0.4, -0.2) is 21.0 Å². The maximum absolute atomic E-state index is 10.8. The minimum absolute atomic E-state index is 0.0290. The fourth-order valence-corrected chi connectivity index (χ4v) is 1.16. The third kappa shape index (κ3) is 2.21. The van der Waals surface area contributed by atoms with Crippen LogP contribution in [0, 0.1) is 5.92 Å². The molecule has 0 amide bonds. The number of rotatable bonds is 3. The molecule has 5 nitrogen and oxygen atoms in total. The Balaban J connectivity index is 3.04. The molecule has 0 aromatic carbocycles. The second kappa shape index (κ2) is 3.47. The van der Waals surface area contributed by atoms with Crippen LogP contribution in [-0.2, 0) is 6.42 Å². The second-order valence-electron chi connectivity index (χ2n) is 3.34. The van der Waals surface area contributed by atoms with Crippen LogP contribution < -0.4 is 5.69 Å². The van der Waals surface area contributed by atoms with Crippen molar-refractivity contribution in [1.29, 1.82) is 0 Å². The number of carboxylic acid groups (broad SMARTS) is 1. The Labute approximate surface area is 74.8 Å². The molecule has 0 aliphatic heterocycles. The van der Waals surface area contributed by atoms with E-state index in [9.17, 15) is 9.59 Å². The molecule has 0 bridgehead atoms. The highest BCUT2D eigenvalue weighted by Gasteiger charge is 2.14. The molecular formula is C8H12N2O3. The summed E-state index contributed by atoms with van der Waals surface area (Å²) in [4.78, 5) is 26.2. The van der Waals surface area contributed by atoms with Gasteiger partial charge in [-0.3, -0.25) is 4.98 Å². The molecule has 1 aromatic rings. The van der Waals surface area contributed by atoms with Gasteiger partial charge >= 0.3 is 11.7 Å². The van der Waals surface area contributed by atoms with E-state index in [1.807, 2.05) is 13.8 Å². The third-order valence-electron chi connectivity index (χ3n) is 1.63. The molecule has 1 aromatic heterocycles. The maximum Gasteiger partial charge on any atom is 0.354 e. The Kier molecular flexibility index (Phi) is 2.55. The summed E-state index contributed by atoms with van der Waals surface area (Å²) in [5.74, 6) is -0.793. The molecule has 72 valence electrons. The second-order valence-corrected chi connectivity index (χ2v) is 3.34. The van der Waals surface area contributed by atoms with Crippen molar-refractivity contribution < 1.29 is 9.90 Å². The van der Waals surface area contributed by atoms with Gasteiger partial charge in [0.1, 0.15) is 5.69 Å². The summed E-state index contributed by atoms with van der Waals surface area (Å²) < 4.78 is 0. The number of carboxylic acids is 1. The van der Waals surface area contributed by atoms with Gasteiger partial charge < -0.3 is 10.1 Å². The Morgan fingerprint density at radius 3 is 2.54 bits per heavy atom. The van der Waals surface area contributed by atoms with Crippen LogP contribution in [0.1, 0.15) is 30.0 Å². The minimum atomic E-state index is -1.10. The predicted octanol–water partition coefficient (Wildman–Crippen LogP) is 0.600. The van der Waals surface area contributed by atoms with E-state index in [2.05, 4.69) is 9.97 Å². The maximum atomic E-state index is 10.8. The van der Waals surface area contributed by atoms with E-state index in [1.54, 1.807) is 0 Å². The van der Waals surface area contributed by atoms with Gasteiger partial charge in [-0.1, -0.05) is 13.8 Å². The van der Waals surface area contributed by atoms with E-state index in [0.717, 1.165) is 0 Å². The van der Waals surface area contributed by atoms with Crippen molar-refractivity contribution in [3.8, 4) is 0 Å². The van der Waals surface area contributed by atoms with Gasteiger partial charge in [-0.15, -0.1) is 0 Å². The van der Waals surface area contributed by atoms with Gasteiger partial charge in [0.2, 0.25) is 0 Å². The number of H-pyrrole nitrogens is 2. The smallest absolute Gasteiger partial charge is 0.354 e. The monoisotopic (exact) mass is 184 g/mol. The largest absolute Gasteiger partial charge is 0.477 e. The number of aromatic carboxylic acids is 1. The molecular weight excluding hydrogens is 172 g/mol. The summed E-state index contributed by atoms with van der Waals surface area (Å²) in [6, 6.07) is 0. The van der Waals surface area contributed by atoms with Crippen LogP contribution in [0.25, 0.3) is 0 Å². The average molecular weight is 184 g/mol. The molecule has 5 heteroatoms. The van der Waals surface area contributed by atoms with Crippen molar-refractivity contribution in [3.05, 3.63) is 21.9 Å². The Morgan fingerprint density at radius 1 is 1.46 bits per heavy atom. The van der Waals surface area contributed by atoms with Crippen molar-refractivity contribution in [2.75, 3.05) is 0 Å². The number of aromatic amines is 2. The van der Waals surface area contributed by atoms with E-state index in [-0.39, 0.29) is 5.69 Å². The number of nitrogens with one attached hydrogen (secondary N) is 2. The lowest BCUT2D eigenvalue weighted by molar-refractivity contribution is 0.0689. The molecule has 0 spiro atoms. The zero-order valence-electron chi connectivity index (χ0n) is 7.55. The summed E-state index contributed by atoms with van der Waals surface area (Å²) in [6.07, 6.45) is 0.556. The molecule has 0 unspecified atom stereocenters. The van der Waals surface area contributed by atoms with Gasteiger partial charge in [0.05, 0.1) is 5.69 Å². The SMILES string of the molecule is CC(C)Cc1[nH]c(=O)[nH]c1C(=O)O. The Morgan fingerprint density at radius 2 is 2.08 bits per heavy atom. The summed E-state index contributed by atoms with van der Waals surface area (Å²) in [5.41, 5.74) is -0.0285. The lowest BCUT2D eigenvalue weighted by Crippen LogP contribution is -2.05. The molecule has 1 heterocycles. The molecule has 13 heavy (non-hydrogen) atoms. The van der Waals surface area contributed by atoms with Gasteiger partial charge in [0.15, 0.2) is 0 Å². The number of hydrogen-bond acceptors (Lipinski definition) is 2. The fraction of sp³-hybridized carbons (Fsp3) is 0.500. The summed E-state index contributed by atoms with van der Waals surface area (Å²) in [7, 11) is 0. The summed E-state index contributed by atoms with van der Waals surface area (Å²) in [6.45, 7) is 3.91. The predicted molar refractivity (Wildman–Crippen MR) is 46.9 cm³/mol. The summed E-state index contributed by atoms with van der Waals surface area (Å²) in [5, 5.41) is 8.70. The lowest BCUT2D eigenvalue weighted by atomic mass is 10.1. The first-order chi connectivity index (χ1) is 6.00. The number of hydrogen-bond donors (Lipinski definition) is 3. The Bertz CT molecular complexity index is 362. The molecule has 0 radical (unpaired) electrons. The van der Waals surface area contributed by atoms with Crippen molar-refractivity contribution >= 4 is 5.97 Å². The molecule has 0 saturated heterocycles. The van der Waals surface area contributed by atoms with Crippen LogP contribution in [0.5, 0.6) is 0 Å². The minimum Gasteiger partial charge on any atom is -0.477 e. The van der Waals surface area contributed by atoms with Gasteiger partial charge in [-0.05, 0) is 12.3 Å². The first-order valence-electron chi connectivity index (χ1n) is 4.05. The lowest BCUT2D eigenvalue weighted by Gasteiger charge is -2.01. The standard InChI is InChI=1S/C8H12N2O3/c1-4(2)3-5-6(7(11)12)10-8(13)9-5/h4H,3H2,1-2H3,(H,11,12)(H2,9,10,13). The van der Waals surface area contributed by atoms with Crippen molar-refractivity contribution in [3.63, 3.8) is 0 Å².